The van der Waals surface area contributed by atoms with E-state index in [9.17, 15) is 10.4 Å². The van der Waals surface area contributed by atoms with E-state index in [0.717, 1.165) is 55.0 Å². The number of ether oxygens (including phenoxy) is 2. The van der Waals surface area contributed by atoms with Crippen LogP contribution in [0.25, 0.3) is 16.6 Å². The third-order valence-corrected chi connectivity index (χ3v) is 6.47. The van der Waals surface area contributed by atoms with Crippen molar-refractivity contribution in [2.24, 2.45) is 0 Å². The summed E-state index contributed by atoms with van der Waals surface area (Å²) in [5, 5.41) is 32.4. The second-order valence-electron chi connectivity index (χ2n) is 10.1. The van der Waals surface area contributed by atoms with Gasteiger partial charge in [-0.3, -0.25) is 0 Å². The van der Waals surface area contributed by atoms with Crippen LogP contribution in [0.2, 0.25) is 0 Å². The van der Waals surface area contributed by atoms with Gasteiger partial charge in [-0.2, -0.15) is 15.5 Å². The number of rotatable bonds is 8. The summed E-state index contributed by atoms with van der Waals surface area (Å²) in [7, 11) is 0. The van der Waals surface area contributed by atoms with Crippen molar-refractivity contribution in [3.8, 4) is 28.8 Å². The zero-order valence-corrected chi connectivity index (χ0v) is 21.8. The molecule has 1 saturated heterocycles. The summed E-state index contributed by atoms with van der Waals surface area (Å²) in [5.41, 5.74) is 2.75. The molecule has 0 bridgehead atoms. The van der Waals surface area contributed by atoms with Gasteiger partial charge >= 0.3 is 0 Å². The summed E-state index contributed by atoms with van der Waals surface area (Å²) < 4.78 is 13.5. The molecule has 0 aromatic carbocycles. The van der Waals surface area contributed by atoms with Crippen LogP contribution in [0.1, 0.15) is 44.9 Å². The molecule has 1 aliphatic rings. The molecule has 1 fully saturated rings. The van der Waals surface area contributed by atoms with Crippen molar-refractivity contribution < 1.29 is 14.6 Å². The number of piperidine rings is 1. The van der Waals surface area contributed by atoms with E-state index < -0.39 is 5.60 Å². The van der Waals surface area contributed by atoms with Crippen molar-refractivity contribution in [3.63, 3.8) is 0 Å². The van der Waals surface area contributed by atoms with Gasteiger partial charge in [0.1, 0.15) is 30.3 Å². The molecule has 5 heterocycles. The number of nitrogens with zero attached hydrogens (tertiary/aromatic N) is 7. The second-order valence-corrected chi connectivity index (χ2v) is 10.1. The summed E-state index contributed by atoms with van der Waals surface area (Å²) in [6, 6.07) is 11.9. The Morgan fingerprint density at radius 1 is 1.13 bits per heavy atom. The molecule has 0 saturated carbocycles. The lowest BCUT2D eigenvalue weighted by Crippen LogP contribution is -2.38. The molecule has 0 atom stereocenters. The van der Waals surface area contributed by atoms with Crippen molar-refractivity contribution in [2.75, 3.05) is 24.6 Å². The zero-order chi connectivity index (χ0) is 26.7. The summed E-state index contributed by atoms with van der Waals surface area (Å²) >= 11 is 0. The second kappa shape index (κ2) is 10.6. The van der Waals surface area contributed by atoms with Crippen LogP contribution >= 0.6 is 0 Å². The Hall–Kier alpha value is -4.23. The molecular formula is C28H31N7O3. The van der Waals surface area contributed by atoms with Crippen molar-refractivity contribution in [1.82, 2.24) is 24.8 Å². The molecule has 0 spiro atoms. The lowest BCUT2D eigenvalue weighted by molar-refractivity contribution is 0.0283. The van der Waals surface area contributed by atoms with E-state index in [4.69, 9.17) is 14.5 Å². The van der Waals surface area contributed by atoms with Crippen molar-refractivity contribution in [2.45, 2.75) is 51.7 Å². The van der Waals surface area contributed by atoms with E-state index in [2.05, 4.69) is 26.3 Å². The van der Waals surface area contributed by atoms with E-state index in [1.54, 1.807) is 24.6 Å². The zero-order valence-electron chi connectivity index (χ0n) is 21.8. The molecule has 1 N–H and O–H groups in total. The van der Waals surface area contributed by atoms with Crippen LogP contribution in [-0.4, -0.2) is 61.3 Å². The van der Waals surface area contributed by atoms with Crippen LogP contribution in [-0.2, 0) is 6.42 Å². The molecule has 4 aromatic rings. The fourth-order valence-electron chi connectivity index (χ4n) is 4.44. The quantitative estimate of drug-likeness (QED) is 0.375. The number of aliphatic hydroxyl groups is 1. The lowest BCUT2D eigenvalue weighted by atomic mass is 10.0. The topological polar surface area (TPSA) is 122 Å². The van der Waals surface area contributed by atoms with Crippen molar-refractivity contribution in [3.05, 3.63) is 60.2 Å². The third kappa shape index (κ3) is 5.68. The number of nitriles is 1. The number of aromatic nitrogens is 5. The number of aryl methyl sites for hydroxylation is 1. The minimum absolute atomic E-state index is 0.0958. The molecule has 10 heteroatoms. The summed E-state index contributed by atoms with van der Waals surface area (Å²) in [6.07, 6.45) is 7.74. The molecule has 5 rings (SSSR count). The molecule has 0 unspecified atom stereocenters. The van der Waals surface area contributed by atoms with Gasteiger partial charge in [-0.15, -0.1) is 5.10 Å². The molecule has 0 aliphatic carbocycles. The molecule has 10 nitrogen and oxygen atoms in total. The first-order valence-electron chi connectivity index (χ1n) is 12.8. The van der Waals surface area contributed by atoms with Crippen LogP contribution in [0.4, 0.5) is 5.82 Å². The van der Waals surface area contributed by atoms with E-state index in [0.29, 0.717) is 22.7 Å². The standard InChI is InChI=1S/C28H31N7O3/c1-4-21-6-8-26(33-32-21)38-22-9-11-34(12-10-22)25-7-5-19(15-30-25)24-13-23(37-18-28(2,3)36)17-35-27(24)20(14-29)16-31-35/h5-8,13,15-17,22,36H,4,9-12,18H2,1-3H3. The number of hydrogen-bond acceptors (Lipinski definition) is 9. The first-order valence-corrected chi connectivity index (χ1v) is 12.8. The molecule has 196 valence electrons. The Kier molecular flexibility index (Phi) is 7.11. The summed E-state index contributed by atoms with van der Waals surface area (Å²) in [5.74, 6) is 2.00. The average Bonchev–Trinajstić information content (AvgIpc) is 3.35. The Morgan fingerprint density at radius 3 is 2.58 bits per heavy atom. The molecule has 38 heavy (non-hydrogen) atoms. The lowest BCUT2D eigenvalue weighted by Gasteiger charge is -2.32. The van der Waals surface area contributed by atoms with Gasteiger partial charge in [-0.05, 0) is 44.5 Å². The monoisotopic (exact) mass is 513 g/mol. The predicted octanol–water partition coefficient (Wildman–Crippen LogP) is 3.82. The van der Waals surface area contributed by atoms with Gasteiger partial charge in [0.2, 0.25) is 5.88 Å². The number of pyridine rings is 2. The maximum absolute atomic E-state index is 10.1. The van der Waals surface area contributed by atoms with Crippen LogP contribution in [0.3, 0.4) is 0 Å². The Balaban J connectivity index is 1.30. The number of hydrogen-bond donors (Lipinski definition) is 1. The van der Waals surface area contributed by atoms with Gasteiger partial charge in [0.25, 0.3) is 0 Å². The van der Waals surface area contributed by atoms with Crippen LogP contribution < -0.4 is 14.4 Å². The van der Waals surface area contributed by atoms with Crippen molar-refractivity contribution in [1.29, 1.82) is 5.26 Å². The minimum atomic E-state index is -0.980. The largest absolute Gasteiger partial charge is 0.489 e. The van der Waals surface area contributed by atoms with Gasteiger partial charge in [0.15, 0.2) is 0 Å². The van der Waals surface area contributed by atoms with E-state index >= 15 is 0 Å². The first-order chi connectivity index (χ1) is 18.3. The van der Waals surface area contributed by atoms with E-state index in [1.807, 2.05) is 43.5 Å². The third-order valence-electron chi connectivity index (χ3n) is 6.47. The van der Waals surface area contributed by atoms with Gasteiger partial charge in [-0.25, -0.2) is 9.50 Å². The molecule has 1 aliphatic heterocycles. The van der Waals surface area contributed by atoms with Crippen LogP contribution in [0, 0.1) is 11.3 Å². The predicted molar refractivity (Wildman–Crippen MR) is 142 cm³/mol. The molecule has 4 aromatic heterocycles. The fraction of sp³-hybridized carbons (Fsp3) is 0.393. The van der Waals surface area contributed by atoms with Gasteiger partial charge in [0.05, 0.1) is 34.8 Å². The average molecular weight is 514 g/mol. The Morgan fingerprint density at radius 2 is 1.95 bits per heavy atom. The van der Waals surface area contributed by atoms with E-state index in [1.165, 1.54) is 6.20 Å². The maximum atomic E-state index is 10.1. The van der Waals surface area contributed by atoms with Crippen LogP contribution in [0.15, 0.2) is 48.9 Å². The highest BCUT2D eigenvalue weighted by Gasteiger charge is 2.23. The molecule has 0 radical (unpaired) electrons. The smallest absolute Gasteiger partial charge is 0.233 e. The number of fused-ring (bicyclic) bond motifs is 1. The van der Waals surface area contributed by atoms with Crippen molar-refractivity contribution >= 4 is 11.3 Å². The molecule has 0 amide bonds. The number of anilines is 1. The SMILES string of the molecule is CCc1ccc(OC2CCN(c3ccc(-c4cc(OCC(C)(C)O)cn5ncc(C#N)c45)cn3)CC2)nn1. The fourth-order valence-corrected chi connectivity index (χ4v) is 4.44. The van der Waals surface area contributed by atoms with E-state index in [-0.39, 0.29) is 12.7 Å². The maximum Gasteiger partial charge on any atom is 0.233 e. The molecular weight excluding hydrogens is 482 g/mol. The van der Waals surface area contributed by atoms with Gasteiger partial charge < -0.3 is 19.5 Å². The van der Waals surface area contributed by atoms with Gasteiger partial charge in [0, 0.05) is 49.3 Å². The first kappa shape index (κ1) is 25.4. The highest BCUT2D eigenvalue weighted by atomic mass is 16.5. The minimum Gasteiger partial charge on any atom is -0.489 e. The van der Waals surface area contributed by atoms with Gasteiger partial charge in [-0.1, -0.05) is 6.92 Å². The Labute approximate surface area is 221 Å². The Bertz CT molecular complexity index is 1430. The summed E-state index contributed by atoms with van der Waals surface area (Å²) in [4.78, 5) is 6.98. The normalized spacial score (nSPS) is 14.4. The van der Waals surface area contributed by atoms with Crippen LogP contribution in [0.5, 0.6) is 11.6 Å². The highest BCUT2D eigenvalue weighted by molar-refractivity contribution is 5.85. The summed E-state index contributed by atoms with van der Waals surface area (Å²) in [6.45, 7) is 7.19. The highest BCUT2D eigenvalue weighted by Crippen LogP contribution is 2.32.